The van der Waals surface area contributed by atoms with Gasteiger partial charge in [-0.2, -0.15) is 5.10 Å². The number of hydrogen-bond acceptors (Lipinski definition) is 4. The predicted octanol–water partition coefficient (Wildman–Crippen LogP) is 5.77. The lowest BCUT2D eigenvalue weighted by molar-refractivity contribution is 0.432. The molecule has 0 atom stereocenters. The fourth-order valence-corrected chi connectivity index (χ4v) is 3.76. The third-order valence-electron chi connectivity index (χ3n) is 5.35. The molecule has 0 bridgehead atoms. The van der Waals surface area contributed by atoms with E-state index in [9.17, 15) is 5.11 Å². The van der Waals surface area contributed by atoms with Crippen LogP contribution in [0.5, 0.6) is 5.75 Å². The van der Waals surface area contributed by atoms with Crippen molar-refractivity contribution in [3.05, 3.63) is 53.1 Å². The first-order valence-corrected chi connectivity index (χ1v) is 9.86. The van der Waals surface area contributed by atoms with Gasteiger partial charge in [0.15, 0.2) is 0 Å². The molecule has 0 aromatic heterocycles. The maximum absolute atomic E-state index is 10.8. The van der Waals surface area contributed by atoms with Crippen LogP contribution in [0.15, 0.2) is 41.5 Å². The Morgan fingerprint density at radius 2 is 1.74 bits per heavy atom. The number of benzene rings is 2. The van der Waals surface area contributed by atoms with E-state index in [1.165, 1.54) is 37.7 Å². The highest BCUT2D eigenvalue weighted by molar-refractivity contribution is 5.85. The van der Waals surface area contributed by atoms with Crippen molar-refractivity contribution in [2.75, 3.05) is 11.2 Å². The molecule has 0 unspecified atom stereocenters. The van der Waals surface area contributed by atoms with Crippen LogP contribution < -0.4 is 11.2 Å². The van der Waals surface area contributed by atoms with Crippen LogP contribution in [0.2, 0.25) is 0 Å². The van der Waals surface area contributed by atoms with Gasteiger partial charge in [0.2, 0.25) is 0 Å². The Balaban J connectivity index is 1.89. The van der Waals surface area contributed by atoms with E-state index >= 15 is 0 Å². The van der Waals surface area contributed by atoms with Gasteiger partial charge in [0.05, 0.1) is 11.9 Å². The van der Waals surface area contributed by atoms with Crippen molar-refractivity contribution in [2.45, 2.75) is 64.2 Å². The Kier molecular flexibility index (Phi) is 5.73. The number of aromatic hydroxyl groups is 1. The van der Waals surface area contributed by atoms with Crippen molar-refractivity contribution in [1.82, 2.24) is 0 Å². The van der Waals surface area contributed by atoms with E-state index < -0.39 is 0 Å². The third-order valence-corrected chi connectivity index (χ3v) is 5.35. The maximum atomic E-state index is 10.8. The van der Waals surface area contributed by atoms with Gasteiger partial charge in [0.1, 0.15) is 5.75 Å². The Hall–Kier alpha value is -2.49. The lowest BCUT2D eigenvalue weighted by atomic mass is 9.79. The van der Waals surface area contributed by atoms with Gasteiger partial charge in [-0.05, 0) is 60.1 Å². The molecule has 1 aliphatic rings. The van der Waals surface area contributed by atoms with Gasteiger partial charge < -0.3 is 10.8 Å². The van der Waals surface area contributed by atoms with Crippen LogP contribution in [-0.4, -0.2) is 11.3 Å². The first-order chi connectivity index (χ1) is 12.8. The molecule has 2 aromatic rings. The molecule has 1 aliphatic carbocycles. The van der Waals surface area contributed by atoms with Crippen LogP contribution in [0.4, 0.5) is 11.4 Å². The summed E-state index contributed by atoms with van der Waals surface area (Å²) in [6.45, 7) is 6.42. The Morgan fingerprint density at radius 1 is 1.07 bits per heavy atom. The van der Waals surface area contributed by atoms with E-state index in [1.54, 1.807) is 6.21 Å². The molecule has 4 N–H and O–H groups in total. The van der Waals surface area contributed by atoms with Crippen LogP contribution in [-0.2, 0) is 5.41 Å². The molecule has 0 amide bonds. The molecule has 0 radical (unpaired) electrons. The molecule has 1 saturated carbocycles. The first-order valence-electron chi connectivity index (χ1n) is 9.86. The van der Waals surface area contributed by atoms with Crippen LogP contribution in [0.1, 0.15) is 75.5 Å². The van der Waals surface area contributed by atoms with Gasteiger partial charge in [-0.3, -0.25) is 5.43 Å². The molecule has 0 saturated heterocycles. The SMILES string of the molecule is CC(C)(C)c1cc(C2CCCCC2)cc(/C=N/Nc2ccc(N)cc2)c1O. The number of hydrazone groups is 1. The molecule has 144 valence electrons. The molecule has 27 heavy (non-hydrogen) atoms. The summed E-state index contributed by atoms with van der Waals surface area (Å²) in [5.74, 6) is 0.905. The standard InChI is InChI=1S/C23H31N3O/c1-23(2,3)21-14-17(16-7-5-4-6-8-16)13-18(22(21)27)15-25-26-20-11-9-19(24)10-12-20/h9-16,26-27H,4-8,24H2,1-3H3/b25-15+. The van der Waals surface area contributed by atoms with Crippen LogP contribution in [0, 0.1) is 0 Å². The average molecular weight is 366 g/mol. The maximum Gasteiger partial charge on any atom is 0.128 e. The fourth-order valence-electron chi connectivity index (χ4n) is 3.76. The van der Waals surface area contributed by atoms with E-state index in [4.69, 9.17) is 5.73 Å². The first kappa shape index (κ1) is 19.3. The minimum atomic E-state index is -0.123. The summed E-state index contributed by atoms with van der Waals surface area (Å²) in [6.07, 6.45) is 8.09. The summed E-state index contributed by atoms with van der Waals surface area (Å²) < 4.78 is 0. The summed E-state index contributed by atoms with van der Waals surface area (Å²) in [4.78, 5) is 0. The number of rotatable bonds is 4. The lowest BCUT2D eigenvalue weighted by Crippen LogP contribution is -2.14. The smallest absolute Gasteiger partial charge is 0.128 e. The number of nitrogens with zero attached hydrogens (tertiary/aromatic N) is 1. The molecule has 0 spiro atoms. The molecule has 1 fully saturated rings. The van der Waals surface area contributed by atoms with Gasteiger partial charge in [0.25, 0.3) is 0 Å². The van der Waals surface area contributed by atoms with Gasteiger partial charge >= 0.3 is 0 Å². The van der Waals surface area contributed by atoms with E-state index in [1.807, 2.05) is 24.3 Å². The molecule has 3 rings (SSSR count). The zero-order valence-corrected chi connectivity index (χ0v) is 16.6. The second-order valence-corrected chi connectivity index (χ2v) is 8.58. The molecule has 4 nitrogen and oxygen atoms in total. The van der Waals surface area contributed by atoms with Crippen molar-refractivity contribution in [1.29, 1.82) is 0 Å². The highest BCUT2D eigenvalue weighted by atomic mass is 16.3. The quantitative estimate of drug-likeness (QED) is 0.366. The molecule has 0 heterocycles. The summed E-state index contributed by atoms with van der Waals surface area (Å²) in [7, 11) is 0. The second kappa shape index (κ2) is 8.03. The lowest BCUT2D eigenvalue weighted by Gasteiger charge is -2.27. The zero-order valence-electron chi connectivity index (χ0n) is 16.6. The Morgan fingerprint density at radius 3 is 2.37 bits per heavy atom. The average Bonchev–Trinajstić information content (AvgIpc) is 2.64. The molecular weight excluding hydrogens is 334 g/mol. The molecule has 0 aliphatic heterocycles. The van der Waals surface area contributed by atoms with Crippen LogP contribution >= 0.6 is 0 Å². The van der Waals surface area contributed by atoms with Crippen LogP contribution in [0.3, 0.4) is 0 Å². The van der Waals surface area contributed by atoms with Crippen molar-refractivity contribution in [2.24, 2.45) is 5.10 Å². The molecular formula is C23H31N3O. The van der Waals surface area contributed by atoms with E-state index in [0.717, 1.165) is 22.5 Å². The highest BCUT2D eigenvalue weighted by Crippen LogP contribution is 2.39. The third kappa shape index (κ3) is 4.82. The van der Waals surface area contributed by atoms with E-state index in [2.05, 4.69) is 43.4 Å². The van der Waals surface area contributed by atoms with Crippen molar-refractivity contribution in [3.63, 3.8) is 0 Å². The molecule has 4 heteroatoms. The number of nitrogens with two attached hydrogens (primary N) is 1. The van der Waals surface area contributed by atoms with E-state index in [0.29, 0.717) is 11.7 Å². The number of anilines is 2. The number of hydrogen-bond donors (Lipinski definition) is 3. The second-order valence-electron chi connectivity index (χ2n) is 8.58. The number of phenols is 1. The van der Waals surface area contributed by atoms with E-state index in [-0.39, 0.29) is 5.41 Å². The minimum absolute atomic E-state index is 0.123. The topological polar surface area (TPSA) is 70.6 Å². The Bertz CT molecular complexity index is 798. The number of nitrogens with one attached hydrogen (secondary N) is 1. The monoisotopic (exact) mass is 365 g/mol. The fraction of sp³-hybridized carbons (Fsp3) is 0.435. The number of phenolic OH excluding ortho intramolecular Hbond substituents is 1. The highest BCUT2D eigenvalue weighted by Gasteiger charge is 2.24. The van der Waals surface area contributed by atoms with Crippen molar-refractivity contribution < 1.29 is 5.11 Å². The Labute approximate surface area is 162 Å². The summed E-state index contributed by atoms with van der Waals surface area (Å²) >= 11 is 0. The zero-order chi connectivity index (χ0) is 19.4. The summed E-state index contributed by atoms with van der Waals surface area (Å²) in [5.41, 5.74) is 13.3. The predicted molar refractivity (Wildman–Crippen MR) is 115 cm³/mol. The van der Waals surface area contributed by atoms with Gasteiger partial charge in [-0.15, -0.1) is 0 Å². The van der Waals surface area contributed by atoms with Gasteiger partial charge in [-0.25, -0.2) is 0 Å². The van der Waals surface area contributed by atoms with Gasteiger partial charge in [0, 0.05) is 16.8 Å². The molecule has 2 aromatic carbocycles. The van der Waals surface area contributed by atoms with Crippen molar-refractivity contribution in [3.8, 4) is 5.75 Å². The minimum Gasteiger partial charge on any atom is -0.507 e. The number of nitrogen functional groups attached to an aromatic ring is 1. The van der Waals surface area contributed by atoms with Gasteiger partial charge in [-0.1, -0.05) is 46.1 Å². The van der Waals surface area contributed by atoms with Crippen molar-refractivity contribution >= 4 is 17.6 Å². The largest absolute Gasteiger partial charge is 0.507 e. The summed E-state index contributed by atoms with van der Waals surface area (Å²) in [5, 5.41) is 15.2. The normalized spacial score (nSPS) is 16.0. The van der Waals surface area contributed by atoms with Crippen LogP contribution in [0.25, 0.3) is 0 Å². The summed E-state index contributed by atoms with van der Waals surface area (Å²) in [6, 6.07) is 11.7.